The van der Waals surface area contributed by atoms with Gasteiger partial charge in [-0.25, -0.2) is 9.98 Å². The van der Waals surface area contributed by atoms with Gasteiger partial charge in [0.05, 0.1) is 6.54 Å². The van der Waals surface area contributed by atoms with Gasteiger partial charge in [0.2, 0.25) is 0 Å². The number of hydrogen-bond acceptors (Lipinski definition) is 4. The summed E-state index contributed by atoms with van der Waals surface area (Å²) in [7, 11) is 0. The molecule has 1 aromatic rings. The fraction of sp³-hybridized carbons (Fsp3) is 0.765. The highest BCUT2D eigenvalue weighted by Gasteiger charge is 2.11. The lowest BCUT2D eigenvalue weighted by Gasteiger charge is -2.20. The number of aliphatic hydroxyl groups is 1. The Bertz CT molecular complexity index is 465. The first-order valence-electron chi connectivity index (χ1n) is 8.65. The summed E-state index contributed by atoms with van der Waals surface area (Å²) in [6.45, 7) is 11.2. The van der Waals surface area contributed by atoms with Crippen molar-refractivity contribution < 1.29 is 5.11 Å². The Morgan fingerprint density at radius 2 is 2.08 bits per heavy atom. The highest BCUT2D eigenvalue weighted by Crippen LogP contribution is 2.15. The van der Waals surface area contributed by atoms with Gasteiger partial charge in [0.15, 0.2) is 5.96 Å². The first-order chi connectivity index (χ1) is 11.1. The third-order valence-corrected chi connectivity index (χ3v) is 4.69. The van der Waals surface area contributed by atoms with E-state index in [9.17, 15) is 5.11 Å². The average Bonchev–Trinajstić information content (AvgIpc) is 2.97. The molecule has 0 aliphatic heterocycles. The van der Waals surface area contributed by atoms with Gasteiger partial charge in [-0.2, -0.15) is 0 Å². The minimum absolute atomic E-state index is 0. The van der Waals surface area contributed by atoms with Crippen LogP contribution >= 0.6 is 35.3 Å². The zero-order valence-electron chi connectivity index (χ0n) is 15.3. The van der Waals surface area contributed by atoms with Gasteiger partial charge in [0.1, 0.15) is 5.01 Å². The first-order valence-corrected chi connectivity index (χ1v) is 9.47. The molecule has 0 amide bonds. The molecule has 0 aromatic carbocycles. The molecule has 0 saturated carbocycles. The van der Waals surface area contributed by atoms with Crippen LogP contribution < -0.4 is 10.6 Å². The summed E-state index contributed by atoms with van der Waals surface area (Å²) >= 11 is 1.73. The number of hydrogen-bond donors (Lipinski definition) is 3. The Hall–Kier alpha value is -0.410. The minimum atomic E-state index is 0. The number of nitrogens with zero attached hydrogens (tertiary/aromatic N) is 2. The fourth-order valence-electron chi connectivity index (χ4n) is 2.47. The maximum atomic E-state index is 9.22. The normalized spacial score (nSPS) is 12.8. The van der Waals surface area contributed by atoms with Crippen LogP contribution in [0.3, 0.4) is 0 Å². The van der Waals surface area contributed by atoms with E-state index < -0.39 is 0 Å². The molecule has 1 aromatic heterocycles. The molecule has 0 aliphatic carbocycles. The van der Waals surface area contributed by atoms with E-state index in [1.807, 2.05) is 6.20 Å². The number of nitrogens with one attached hydrogen (secondary N) is 2. The molecule has 0 spiro atoms. The van der Waals surface area contributed by atoms with Crippen LogP contribution in [0.2, 0.25) is 0 Å². The van der Waals surface area contributed by atoms with Gasteiger partial charge in [-0.3, -0.25) is 0 Å². The summed E-state index contributed by atoms with van der Waals surface area (Å²) in [6.07, 6.45) is 4.91. The number of aryl methyl sites for hydroxylation is 1. The Labute approximate surface area is 167 Å². The Morgan fingerprint density at radius 3 is 2.62 bits per heavy atom. The maximum absolute atomic E-state index is 9.22. The van der Waals surface area contributed by atoms with E-state index >= 15 is 0 Å². The van der Waals surface area contributed by atoms with Crippen molar-refractivity contribution >= 4 is 41.3 Å². The van der Waals surface area contributed by atoms with Crippen LogP contribution in [-0.4, -0.2) is 35.7 Å². The molecule has 1 atom stereocenters. The summed E-state index contributed by atoms with van der Waals surface area (Å²) in [4.78, 5) is 10.3. The summed E-state index contributed by atoms with van der Waals surface area (Å²) < 4.78 is 0. The van der Waals surface area contributed by atoms with E-state index in [-0.39, 0.29) is 30.6 Å². The van der Waals surface area contributed by atoms with E-state index in [1.165, 1.54) is 4.88 Å². The summed E-state index contributed by atoms with van der Waals surface area (Å²) in [6, 6.07) is 0. The smallest absolute Gasteiger partial charge is 0.191 e. The summed E-state index contributed by atoms with van der Waals surface area (Å²) in [5.41, 5.74) is 0. The number of aromatic nitrogens is 1. The van der Waals surface area contributed by atoms with Gasteiger partial charge in [-0.15, -0.1) is 35.3 Å². The van der Waals surface area contributed by atoms with Crippen LogP contribution in [0.25, 0.3) is 0 Å². The molecule has 0 bridgehead atoms. The molecule has 1 unspecified atom stereocenters. The molecule has 5 nitrogen and oxygen atoms in total. The van der Waals surface area contributed by atoms with Crippen molar-refractivity contribution in [2.24, 2.45) is 16.8 Å². The highest BCUT2D eigenvalue weighted by atomic mass is 127. The van der Waals surface area contributed by atoms with Gasteiger partial charge >= 0.3 is 0 Å². The largest absolute Gasteiger partial charge is 0.396 e. The standard InChI is InChI=1S/C17H32N4OS.HI/c1-5-15-11-19-16(23-15)12-21-17(18-6-2)20-10-14(7-8-22)9-13(3)4;/h11,13-14,22H,5-10,12H2,1-4H3,(H2,18,20,21);1H. The van der Waals surface area contributed by atoms with Gasteiger partial charge in [-0.05, 0) is 38.0 Å². The molecule has 0 aliphatic rings. The number of aliphatic hydroxyl groups excluding tert-OH is 1. The average molecular weight is 468 g/mol. The number of guanidine groups is 1. The Kier molecular flexibility index (Phi) is 13.6. The molecule has 1 rings (SSSR count). The van der Waals surface area contributed by atoms with Crippen LogP contribution in [0, 0.1) is 11.8 Å². The topological polar surface area (TPSA) is 69.5 Å². The second-order valence-corrected chi connectivity index (χ2v) is 7.36. The Morgan fingerprint density at radius 1 is 1.33 bits per heavy atom. The number of aliphatic imine (C=N–C) groups is 1. The van der Waals surface area contributed by atoms with Gasteiger partial charge < -0.3 is 15.7 Å². The predicted molar refractivity (Wildman–Crippen MR) is 114 cm³/mol. The van der Waals surface area contributed by atoms with Crippen molar-refractivity contribution in [1.29, 1.82) is 0 Å². The zero-order valence-corrected chi connectivity index (χ0v) is 18.5. The van der Waals surface area contributed by atoms with E-state index in [0.29, 0.717) is 18.4 Å². The molecule has 7 heteroatoms. The molecular weight excluding hydrogens is 435 g/mol. The van der Waals surface area contributed by atoms with Crippen molar-refractivity contribution in [3.63, 3.8) is 0 Å². The quantitative estimate of drug-likeness (QED) is 0.280. The molecule has 1 heterocycles. The highest BCUT2D eigenvalue weighted by molar-refractivity contribution is 14.0. The van der Waals surface area contributed by atoms with Crippen molar-refractivity contribution in [3.8, 4) is 0 Å². The molecule has 0 fully saturated rings. The van der Waals surface area contributed by atoms with Crippen LogP contribution in [-0.2, 0) is 13.0 Å². The monoisotopic (exact) mass is 468 g/mol. The van der Waals surface area contributed by atoms with Gasteiger partial charge in [0, 0.05) is 30.8 Å². The van der Waals surface area contributed by atoms with Crippen molar-refractivity contribution in [3.05, 3.63) is 16.1 Å². The van der Waals surface area contributed by atoms with E-state index in [0.717, 1.165) is 43.3 Å². The second kappa shape index (κ2) is 13.8. The van der Waals surface area contributed by atoms with Crippen LogP contribution in [0.15, 0.2) is 11.2 Å². The second-order valence-electron chi connectivity index (χ2n) is 6.16. The van der Waals surface area contributed by atoms with Crippen molar-refractivity contribution in [2.45, 2.75) is 53.5 Å². The third-order valence-electron chi connectivity index (χ3n) is 3.57. The van der Waals surface area contributed by atoms with Crippen molar-refractivity contribution in [2.75, 3.05) is 19.7 Å². The minimum Gasteiger partial charge on any atom is -0.396 e. The first kappa shape index (κ1) is 23.6. The predicted octanol–water partition coefficient (Wildman–Crippen LogP) is 3.42. The molecule has 0 saturated heterocycles. The van der Waals surface area contributed by atoms with Gasteiger partial charge in [0.25, 0.3) is 0 Å². The SMILES string of the molecule is CCNC(=NCc1ncc(CC)s1)NCC(CCO)CC(C)C.I. The maximum Gasteiger partial charge on any atom is 0.191 e. The molecular formula is C17H33IN4OS. The van der Waals surface area contributed by atoms with E-state index in [1.54, 1.807) is 11.3 Å². The fourth-order valence-corrected chi connectivity index (χ4v) is 3.25. The molecule has 24 heavy (non-hydrogen) atoms. The lowest BCUT2D eigenvalue weighted by atomic mass is 9.94. The number of thiazole rings is 1. The number of rotatable bonds is 10. The van der Waals surface area contributed by atoms with Crippen LogP contribution in [0.4, 0.5) is 0 Å². The molecule has 140 valence electrons. The molecule has 3 N–H and O–H groups in total. The molecule has 0 radical (unpaired) electrons. The van der Waals surface area contributed by atoms with E-state index in [4.69, 9.17) is 0 Å². The van der Waals surface area contributed by atoms with Crippen molar-refractivity contribution in [1.82, 2.24) is 15.6 Å². The summed E-state index contributed by atoms with van der Waals surface area (Å²) in [5.74, 6) is 1.93. The third kappa shape index (κ3) is 9.78. The Balaban J connectivity index is 0.00000529. The van der Waals surface area contributed by atoms with Crippen LogP contribution in [0.1, 0.15) is 50.4 Å². The zero-order chi connectivity index (χ0) is 17.1. The lowest BCUT2D eigenvalue weighted by molar-refractivity contribution is 0.243. The van der Waals surface area contributed by atoms with Gasteiger partial charge in [-0.1, -0.05) is 20.8 Å². The number of halogens is 1. The van der Waals surface area contributed by atoms with E-state index in [2.05, 4.69) is 48.3 Å². The summed E-state index contributed by atoms with van der Waals surface area (Å²) in [5, 5.41) is 16.9. The lowest BCUT2D eigenvalue weighted by Crippen LogP contribution is -2.40. The van der Waals surface area contributed by atoms with Crippen LogP contribution in [0.5, 0.6) is 0 Å².